The molecule has 0 aromatic rings. The van der Waals surface area contributed by atoms with E-state index in [1.165, 1.54) is 13.5 Å². The molecule has 5 nitrogen and oxygen atoms in total. The van der Waals surface area contributed by atoms with E-state index in [9.17, 15) is 9.59 Å². The van der Waals surface area contributed by atoms with Gasteiger partial charge in [-0.15, -0.1) is 0 Å². The molecule has 1 aliphatic heterocycles. The van der Waals surface area contributed by atoms with Crippen molar-refractivity contribution in [2.24, 2.45) is 0 Å². The number of carbonyl (C=O) groups excluding carboxylic acids is 2. The van der Waals surface area contributed by atoms with Gasteiger partial charge in [0.1, 0.15) is 6.54 Å². The molecule has 0 saturated carbocycles. The topological polar surface area (TPSA) is 49.9 Å². The summed E-state index contributed by atoms with van der Waals surface area (Å²) in [6, 6.07) is -0.0476. The third-order valence-corrected chi connectivity index (χ3v) is 3.02. The van der Waals surface area contributed by atoms with E-state index in [2.05, 4.69) is 4.74 Å². The first-order chi connectivity index (χ1) is 8.06. The molecule has 0 bridgehead atoms. The SMILES string of the molecule is COC(=O)CN(C(=O)N1CCCCC1)C(C)C. The van der Waals surface area contributed by atoms with Gasteiger partial charge in [0, 0.05) is 19.1 Å². The fourth-order valence-electron chi connectivity index (χ4n) is 1.94. The summed E-state index contributed by atoms with van der Waals surface area (Å²) in [4.78, 5) is 26.9. The second-order valence-electron chi connectivity index (χ2n) is 4.63. The van der Waals surface area contributed by atoms with Gasteiger partial charge >= 0.3 is 12.0 Å². The molecule has 1 rings (SSSR count). The van der Waals surface area contributed by atoms with Crippen molar-refractivity contribution in [2.75, 3.05) is 26.7 Å². The van der Waals surface area contributed by atoms with Gasteiger partial charge in [0.15, 0.2) is 0 Å². The number of likely N-dealkylation sites (tertiary alicyclic amines) is 1. The van der Waals surface area contributed by atoms with Gasteiger partial charge in [-0.2, -0.15) is 0 Å². The highest BCUT2D eigenvalue weighted by molar-refractivity contribution is 5.81. The number of hydrogen-bond acceptors (Lipinski definition) is 3. The largest absolute Gasteiger partial charge is 0.468 e. The molecule has 0 unspecified atom stereocenters. The molecule has 0 aromatic carbocycles. The van der Waals surface area contributed by atoms with E-state index in [0.29, 0.717) is 0 Å². The van der Waals surface area contributed by atoms with Gasteiger partial charge in [-0.05, 0) is 33.1 Å². The lowest BCUT2D eigenvalue weighted by atomic mass is 10.1. The smallest absolute Gasteiger partial charge is 0.325 e. The van der Waals surface area contributed by atoms with Crippen molar-refractivity contribution in [3.05, 3.63) is 0 Å². The molecule has 5 heteroatoms. The summed E-state index contributed by atoms with van der Waals surface area (Å²) >= 11 is 0. The van der Waals surface area contributed by atoms with E-state index in [1.807, 2.05) is 18.7 Å². The van der Waals surface area contributed by atoms with Gasteiger partial charge in [0.2, 0.25) is 0 Å². The van der Waals surface area contributed by atoms with Crippen LogP contribution in [0.15, 0.2) is 0 Å². The minimum absolute atomic E-state index is 0.00327. The molecule has 17 heavy (non-hydrogen) atoms. The molecule has 2 amide bonds. The lowest BCUT2D eigenvalue weighted by Gasteiger charge is -2.34. The van der Waals surface area contributed by atoms with E-state index < -0.39 is 0 Å². The van der Waals surface area contributed by atoms with E-state index in [4.69, 9.17) is 0 Å². The number of urea groups is 1. The Bertz CT molecular complexity index is 273. The van der Waals surface area contributed by atoms with Crippen LogP contribution < -0.4 is 0 Å². The van der Waals surface area contributed by atoms with Crippen LogP contribution in [0.25, 0.3) is 0 Å². The van der Waals surface area contributed by atoms with Gasteiger partial charge < -0.3 is 14.5 Å². The van der Waals surface area contributed by atoms with Crippen molar-refractivity contribution in [2.45, 2.75) is 39.2 Å². The first-order valence-corrected chi connectivity index (χ1v) is 6.18. The number of nitrogens with zero attached hydrogens (tertiary/aromatic N) is 2. The third-order valence-electron chi connectivity index (χ3n) is 3.02. The monoisotopic (exact) mass is 242 g/mol. The van der Waals surface area contributed by atoms with E-state index in [1.54, 1.807) is 4.90 Å². The van der Waals surface area contributed by atoms with Crippen molar-refractivity contribution in [1.82, 2.24) is 9.80 Å². The maximum Gasteiger partial charge on any atom is 0.325 e. The van der Waals surface area contributed by atoms with Gasteiger partial charge in [-0.25, -0.2) is 4.79 Å². The number of methoxy groups -OCH3 is 1. The predicted molar refractivity (Wildman–Crippen MR) is 64.7 cm³/mol. The first-order valence-electron chi connectivity index (χ1n) is 6.18. The zero-order chi connectivity index (χ0) is 12.8. The average Bonchev–Trinajstić information content (AvgIpc) is 2.35. The highest BCUT2D eigenvalue weighted by Gasteiger charge is 2.26. The number of piperidine rings is 1. The molecule has 1 saturated heterocycles. The molecule has 0 atom stereocenters. The average molecular weight is 242 g/mol. The molecule has 1 fully saturated rings. The lowest BCUT2D eigenvalue weighted by molar-refractivity contribution is -0.141. The van der Waals surface area contributed by atoms with Crippen molar-refractivity contribution in [3.8, 4) is 0 Å². The molecule has 0 radical (unpaired) electrons. The van der Waals surface area contributed by atoms with Gasteiger partial charge in [-0.1, -0.05) is 0 Å². The summed E-state index contributed by atoms with van der Waals surface area (Å²) in [6.07, 6.45) is 3.29. The Morgan fingerprint density at radius 1 is 1.24 bits per heavy atom. The standard InChI is InChI=1S/C12H22N2O3/c1-10(2)14(9-11(15)17-3)12(16)13-7-5-4-6-8-13/h10H,4-9H2,1-3H3. The van der Waals surface area contributed by atoms with Crippen LogP contribution in [0.4, 0.5) is 4.79 Å². The first kappa shape index (κ1) is 13.8. The van der Waals surface area contributed by atoms with Crippen LogP contribution in [0.1, 0.15) is 33.1 Å². The summed E-state index contributed by atoms with van der Waals surface area (Å²) in [5, 5.41) is 0. The maximum absolute atomic E-state index is 12.2. The minimum Gasteiger partial charge on any atom is -0.468 e. The highest BCUT2D eigenvalue weighted by Crippen LogP contribution is 2.13. The van der Waals surface area contributed by atoms with Gasteiger partial charge in [-0.3, -0.25) is 4.79 Å². The third kappa shape index (κ3) is 3.91. The summed E-state index contributed by atoms with van der Waals surface area (Å²) in [7, 11) is 1.34. The molecule has 0 N–H and O–H groups in total. The molecule has 0 spiro atoms. The second kappa shape index (κ2) is 6.47. The van der Waals surface area contributed by atoms with Crippen LogP contribution >= 0.6 is 0 Å². The zero-order valence-electron chi connectivity index (χ0n) is 10.9. The van der Waals surface area contributed by atoms with Crippen molar-refractivity contribution in [3.63, 3.8) is 0 Å². The molecular weight excluding hydrogens is 220 g/mol. The van der Waals surface area contributed by atoms with Crippen LogP contribution in [0, 0.1) is 0 Å². The minimum atomic E-state index is -0.371. The number of esters is 1. The number of carbonyl (C=O) groups is 2. The molecule has 1 heterocycles. The summed E-state index contributed by atoms with van der Waals surface area (Å²) in [5.74, 6) is -0.371. The Kier molecular flexibility index (Phi) is 5.25. The quantitative estimate of drug-likeness (QED) is 0.704. The fraction of sp³-hybridized carbons (Fsp3) is 0.833. The Balaban J connectivity index is 2.62. The van der Waals surface area contributed by atoms with Gasteiger partial charge in [0.25, 0.3) is 0 Å². The van der Waals surface area contributed by atoms with Crippen LogP contribution in [-0.4, -0.2) is 54.6 Å². The normalized spacial score (nSPS) is 15.9. The number of rotatable bonds is 3. The van der Waals surface area contributed by atoms with Crippen LogP contribution in [0.3, 0.4) is 0 Å². The lowest BCUT2D eigenvalue weighted by Crippen LogP contribution is -2.50. The Morgan fingerprint density at radius 3 is 2.29 bits per heavy atom. The zero-order valence-corrected chi connectivity index (χ0v) is 10.9. The maximum atomic E-state index is 12.2. The van der Waals surface area contributed by atoms with Gasteiger partial charge in [0.05, 0.1) is 7.11 Å². The van der Waals surface area contributed by atoms with Crippen LogP contribution in [-0.2, 0) is 9.53 Å². The number of ether oxygens (including phenoxy) is 1. The summed E-state index contributed by atoms with van der Waals surface area (Å²) in [5.41, 5.74) is 0. The summed E-state index contributed by atoms with van der Waals surface area (Å²) < 4.78 is 4.62. The van der Waals surface area contributed by atoms with Crippen molar-refractivity contribution < 1.29 is 14.3 Å². The van der Waals surface area contributed by atoms with E-state index in [0.717, 1.165) is 25.9 Å². The number of amides is 2. The Labute approximate surface area is 103 Å². The van der Waals surface area contributed by atoms with E-state index in [-0.39, 0.29) is 24.6 Å². The predicted octanol–water partition coefficient (Wildman–Crippen LogP) is 1.48. The Hall–Kier alpha value is -1.26. The Morgan fingerprint density at radius 2 is 1.82 bits per heavy atom. The van der Waals surface area contributed by atoms with E-state index >= 15 is 0 Å². The fourth-order valence-corrected chi connectivity index (χ4v) is 1.94. The molecule has 1 aliphatic rings. The van der Waals surface area contributed by atoms with Crippen molar-refractivity contribution >= 4 is 12.0 Å². The molecular formula is C12H22N2O3. The summed E-state index contributed by atoms with van der Waals surface area (Å²) in [6.45, 7) is 5.44. The molecule has 0 aliphatic carbocycles. The van der Waals surface area contributed by atoms with Crippen LogP contribution in [0.5, 0.6) is 0 Å². The van der Waals surface area contributed by atoms with Crippen LogP contribution in [0.2, 0.25) is 0 Å². The molecule has 0 aromatic heterocycles. The van der Waals surface area contributed by atoms with Crippen molar-refractivity contribution in [1.29, 1.82) is 0 Å². The highest BCUT2D eigenvalue weighted by atomic mass is 16.5. The number of hydrogen-bond donors (Lipinski definition) is 0. The second-order valence-corrected chi connectivity index (χ2v) is 4.63. The molecule has 98 valence electrons.